The summed E-state index contributed by atoms with van der Waals surface area (Å²) < 4.78 is 13.7. The van der Waals surface area contributed by atoms with Crippen molar-refractivity contribution in [2.24, 2.45) is 0 Å². The molecule has 0 unspecified atom stereocenters. The Kier molecular flexibility index (Phi) is 4.96. The Bertz CT molecular complexity index is 1200. The Balaban J connectivity index is 1.84. The minimum atomic E-state index is -0.466. The van der Waals surface area contributed by atoms with Crippen molar-refractivity contribution >= 4 is 28.8 Å². The lowest BCUT2D eigenvalue weighted by atomic mass is 10.0. The van der Waals surface area contributed by atoms with E-state index in [4.69, 9.17) is 0 Å². The van der Waals surface area contributed by atoms with E-state index in [1.165, 1.54) is 17.0 Å². The lowest BCUT2D eigenvalue weighted by Crippen LogP contribution is -2.33. The summed E-state index contributed by atoms with van der Waals surface area (Å²) in [6.07, 6.45) is 0. The first kappa shape index (κ1) is 19.6. The van der Waals surface area contributed by atoms with Crippen LogP contribution in [0.15, 0.2) is 72.4 Å². The fourth-order valence-corrected chi connectivity index (χ4v) is 3.62. The summed E-state index contributed by atoms with van der Waals surface area (Å²) in [6, 6.07) is 18.8. The van der Waals surface area contributed by atoms with Crippen LogP contribution in [-0.4, -0.2) is 11.8 Å². The van der Waals surface area contributed by atoms with Crippen LogP contribution in [0.2, 0.25) is 0 Å². The molecule has 150 valence electrons. The van der Waals surface area contributed by atoms with Crippen LogP contribution in [-0.2, 0) is 9.59 Å². The van der Waals surface area contributed by atoms with Crippen molar-refractivity contribution in [1.82, 2.24) is 0 Å². The number of anilines is 2. The average molecular weight is 400 g/mol. The molecule has 1 aliphatic rings. The number of imide groups is 1. The maximum absolute atomic E-state index is 13.7. The second kappa shape index (κ2) is 7.59. The smallest absolute Gasteiger partial charge is 0.282 e. The van der Waals surface area contributed by atoms with E-state index in [1.54, 1.807) is 18.2 Å². The van der Waals surface area contributed by atoms with Crippen LogP contribution in [0.25, 0.3) is 5.57 Å². The van der Waals surface area contributed by atoms with Gasteiger partial charge in [-0.25, -0.2) is 9.29 Å². The van der Waals surface area contributed by atoms with Crippen molar-refractivity contribution in [3.05, 3.63) is 100 Å². The van der Waals surface area contributed by atoms with Crippen molar-refractivity contribution in [3.63, 3.8) is 0 Å². The van der Waals surface area contributed by atoms with Gasteiger partial charge in [0.15, 0.2) is 0 Å². The van der Waals surface area contributed by atoms with Gasteiger partial charge in [0, 0.05) is 5.69 Å². The standard InChI is InChI=1S/C25H21FN2O2/c1-15-7-10-18(11-8-15)22-23(27-20-6-4-5-19(26)14-20)25(30)28(24(22)29)21-12-9-16(2)13-17(21)3/h4-14,27H,1-3H3. The second-order valence-corrected chi connectivity index (χ2v) is 7.49. The zero-order valence-electron chi connectivity index (χ0n) is 17.0. The van der Waals surface area contributed by atoms with Crippen molar-refractivity contribution in [3.8, 4) is 0 Å². The third-order valence-corrected chi connectivity index (χ3v) is 5.11. The quantitative estimate of drug-likeness (QED) is 0.617. The summed E-state index contributed by atoms with van der Waals surface area (Å²) in [5.74, 6) is -1.30. The second-order valence-electron chi connectivity index (χ2n) is 7.49. The first-order chi connectivity index (χ1) is 14.3. The highest BCUT2D eigenvalue weighted by atomic mass is 19.1. The molecular weight excluding hydrogens is 379 g/mol. The molecule has 0 atom stereocenters. The summed E-state index contributed by atoms with van der Waals surface area (Å²) in [5, 5.41) is 2.98. The molecule has 3 aromatic rings. The monoisotopic (exact) mass is 400 g/mol. The van der Waals surface area contributed by atoms with E-state index in [0.717, 1.165) is 16.7 Å². The molecule has 0 aromatic heterocycles. The summed E-state index contributed by atoms with van der Waals surface area (Å²) in [4.78, 5) is 28.0. The van der Waals surface area contributed by atoms with Crippen LogP contribution in [0.4, 0.5) is 15.8 Å². The number of nitrogens with one attached hydrogen (secondary N) is 1. The molecule has 30 heavy (non-hydrogen) atoms. The van der Waals surface area contributed by atoms with Gasteiger partial charge in [0.1, 0.15) is 11.5 Å². The van der Waals surface area contributed by atoms with Gasteiger partial charge >= 0.3 is 0 Å². The van der Waals surface area contributed by atoms with Crippen LogP contribution < -0.4 is 10.2 Å². The lowest BCUT2D eigenvalue weighted by molar-refractivity contribution is -0.120. The van der Waals surface area contributed by atoms with E-state index >= 15 is 0 Å². The predicted octanol–water partition coefficient (Wildman–Crippen LogP) is 5.15. The average Bonchev–Trinajstić information content (AvgIpc) is 2.93. The normalized spacial score (nSPS) is 13.9. The van der Waals surface area contributed by atoms with Crippen LogP contribution in [0.1, 0.15) is 22.3 Å². The predicted molar refractivity (Wildman–Crippen MR) is 117 cm³/mol. The minimum absolute atomic E-state index is 0.134. The number of benzene rings is 3. The van der Waals surface area contributed by atoms with Gasteiger partial charge in [-0.15, -0.1) is 0 Å². The maximum atomic E-state index is 13.7. The van der Waals surface area contributed by atoms with Crippen LogP contribution in [0.3, 0.4) is 0 Å². The molecule has 5 heteroatoms. The zero-order chi connectivity index (χ0) is 21.4. The third kappa shape index (κ3) is 3.50. The van der Waals surface area contributed by atoms with E-state index in [0.29, 0.717) is 16.9 Å². The highest BCUT2D eigenvalue weighted by molar-refractivity contribution is 6.46. The Morgan fingerprint density at radius 2 is 1.50 bits per heavy atom. The van der Waals surface area contributed by atoms with Gasteiger partial charge in [0.2, 0.25) is 0 Å². The molecule has 0 fully saturated rings. The molecule has 4 nitrogen and oxygen atoms in total. The molecule has 3 aromatic carbocycles. The van der Waals surface area contributed by atoms with Gasteiger partial charge in [0.05, 0.1) is 11.3 Å². The molecule has 0 bridgehead atoms. The lowest BCUT2D eigenvalue weighted by Gasteiger charge is -2.18. The fraction of sp³-hybridized carbons (Fsp3) is 0.120. The summed E-state index contributed by atoms with van der Waals surface area (Å²) in [5.41, 5.74) is 4.88. The minimum Gasteiger partial charge on any atom is -0.350 e. The number of nitrogens with zero attached hydrogens (tertiary/aromatic N) is 1. The Hall–Kier alpha value is -3.73. The van der Waals surface area contributed by atoms with Gasteiger partial charge in [-0.2, -0.15) is 0 Å². The number of rotatable bonds is 4. The molecule has 0 aliphatic carbocycles. The van der Waals surface area contributed by atoms with E-state index in [-0.39, 0.29) is 11.3 Å². The molecule has 0 saturated heterocycles. The van der Waals surface area contributed by atoms with E-state index in [2.05, 4.69) is 5.32 Å². The largest absolute Gasteiger partial charge is 0.350 e. The van der Waals surface area contributed by atoms with Crippen LogP contribution in [0, 0.1) is 26.6 Å². The Labute approximate surface area is 174 Å². The van der Waals surface area contributed by atoms with Crippen molar-refractivity contribution in [2.45, 2.75) is 20.8 Å². The Morgan fingerprint density at radius 3 is 2.17 bits per heavy atom. The number of carbonyl (C=O) groups is 2. The highest BCUT2D eigenvalue weighted by Gasteiger charge is 2.40. The summed E-state index contributed by atoms with van der Waals surface area (Å²) in [6.45, 7) is 5.78. The van der Waals surface area contributed by atoms with E-state index in [9.17, 15) is 14.0 Å². The first-order valence-electron chi connectivity index (χ1n) is 9.65. The summed E-state index contributed by atoms with van der Waals surface area (Å²) >= 11 is 0. The molecule has 0 radical (unpaired) electrons. The molecule has 1 aliphatic heterocycles. The van der Waals surface area contributed by atoms with Gasteiger partial charge in [-0.1, -0.05) is 53.6 Å². The molecule has 2 amide bonds. The van der Waals surface area contributed by atoms with Gasteiger partial charge in [-0.05, 0) is 56.2 Å². The molecule has 4 rings (SSSR count). The fourth-order valence-electron chi connectivity index (χ4n) is 3.62. The van der Waals surface area contributed by atoms with Crippen molar-refractivity contribution < 1.29 is 14.0 Å². The number of hydrogen-bond donors (Lipinski definition) is 1. The molecule has 0 spiro atoms. The zero-order valence-corrected chi connectivity index (χ0v) is 17.0. The number of amides is 2. The van der Waals surface area contributed by atoms with Crippen LogP contribution in [0.5, 0.6) is 0 Å². The topological polar surface area (TPSA) is 49.4 Å². The van der Waals surface area contributed by atoms with Crippen molar-refractivity contribution in [1.29, 1.82) is 0 Å². The SMILES string of the molecule is Cc1ccc(C2=C(Nc3cccc(F)c3)C(=O)N(c3ccc(C)cc3C)C2=O)cc1. The van der Waals surface area contributed by atoms with Gasteiger partial charge in [-0.3, -0.25) is 9.59 Å². The highest BCUT2D eigenvalue weighted by Crippen LogP contribution is 2.35. The number of halogens is 1. The van der Waals surface area contributed by atoms with Crippen LogP contribution >= 0.6 is 0 Å². The van der Waals surface area contributed by atoms with Crippen molar-refractivity contribution in [2.75, 3.05) is 10.2 Å². The third-order valence-electron chi connectivity index (χ3n) is 5.11. The van der Waals surface area contributed by atoms with E-state index in [1.807, 2.05) is 57.2 Å². The molecule has 1 heterocycles. The summed E-state index contributed by atoms with van der Waals surface area (Å²) in [7, 11) is 0. The van der Waals surface area contributed by atoms with Gasteiger partial charge < -0.3 is 5.32 Å². The molecular formula is C25H21FN2O2. The van der Waals surface area contributed by atoms with Gasteiger partial charge in [0.25, 0.3) is 11.8 Å². The maximum Gasteiger partial charge on any atom is 0.282 e. The molecule has 1 N–H and O–H groups in total. The number of carbonyl (C=O) groups excluding carboxylic acids is 2. The first-order valence-corrected chi connectivity index (χ1v) is 9.65. The Morgan fingerprint density at radius 1 is 0.800 bits per heavy atom. The molecule has 0 saturated carbocycles. The van der Waals surface area contributed by atoms with E-state index < -0.39 is 17.6 Å². The number of hydrogen-bond acceptors (Lipinski definition) is 3. The number of aryl methyl sites for hydroxylation is 3.